The highest BCUT2D eigenvalue weighted by Crippen LogP contribution is 2.33. The van der Waals surface area contributed by atoms with Crippen LogP contribution in [0.1, 0.15) is 39.2 Å². The van der Waals surface area contributed by atoms with Crippen LogP contribution >= 0.6 is 0 Å². The van der Waals surface area contributed by atoms with Crippen LogP contribution in [-0.2, 0) is 15.7 Å². The summed E-state index contributed by atoms with van der Waals surface area (Å²) < 4.78 is 44.1. The molecule has 6 nitrogen and oxygen atoms in total. The summed E-state index contributed by atoms with van der Waals surface area (Å²) in [5.41, 5.74) is -1.39. The fraction of sp³-hybridized carbons (Fsp3) is 0.619. The van der Waals surface area contributed by atoms with Crippen LogP contribution in [0.4, 0.5) is 23.7 Å². The molecular formula is C21H28F3N3O3. The quantitative estimate of drug-likeness (QED) is 0.738. The van der Waals surface area contributed by atoms with Crippen LogP contribution in [0.3, 0.4) is 0 Å². The van der Waals surface area contributed by atoms with Gasteiger partial charge in [0.05, 0.1) is 24.3 Å². The van der Waals surface area contributed by atoms with Crippen LogP contribution in [0.5, 0.6) is 0 Å². The average molecular weight is 427 g/mol. The molecular weight excluding hydrogens is 399 g/mol. The number of amides is 3. The molecule has 0 saturated carbocycles. The number of nitrogens with one attached hydrogen (secondary N) is 1. The van der Waals surface area contributed by atoms with E-state index in [0.29, 0.717) is 51.3 Å². The lowest BCUT2D eigenvalue weighted by atomic mass is 9.87. The maximum atomic E-state index is 12.7. The van der Waals surface area contributed by atoms with E-state index < -0.39 is 22.8 Å². The number of ether oxygens (including phenoxy) is 1. The van der Waals surface area contributed by atoms with E-state index in [-0.39, 0.29) is 11.9 Å². The second kappa shape index (κ2) is 8.09. The van der Waals surface area contributed by atoms with Gasteiger partial charge in [0, 0.05) is 30.7 Å². The Kier molecular flexibility index (Phi) is 6.04. The maximum Gasteiger partial charge on any atom is 0.416 e. The number of carbonyl (C=O) groups excluding carboxylic acids is 2. The van der Waals surface area contributed by atoms with Gasteiger partial charge in [-0.15, -0.1) is 0 Å². The summed E-state index contributed by atoms with van der Waals surface area (Å²) in [7, 11) is 0. The molecule has 0 bridgehead atoms. The molecule has 1 aromatic rings. The maximum absolute atomic E-state index is 12.7. The van der Waals surface area contributed by atoms with Crippen LogP contribution in [0.25, 0.3) is 0 Å². The average Bonchev–Trinajstić information content (AvgIpc) is 2.67. The van der Waals surface area contributed by atoms with Gasteiger partial charge < -0.3 is 19.9 Å². The molecule has 2 fully saturated rings. The summed E-state index contributed by atoms with van der Waals surface area (Å²) in [6, 6.07) is 4.00. The van der Waals surface area contributed by atoms with Crippen molar-refractivity contribution in [3.05, 3.63) is 29.8 Å². The molecule has 2 saturated heterocycles. The number of likely N-dealkylation sites (tertiary alicyclic amines) is 1. The lowest BCUT2D eigenvalue weighted by Gasteiger charge is -2.47. The SMILES string of the molecule is CC(C)(C)C(=O)N1CCC2(CC1)CN(C(=O)Nc1ccc(C(F)(F)F)cc1)CCO2. The third kappa shape index (κ3) is 5.06. The third-order valence-electron chi connectivity index (χ3n) is 5.60. The van der Waals surface area contributed by atoms with Gasteiger partial charge in [0.1, 0.15) is 0 Å². The second-order valence-electron chi connectivity index (χ2n) is 9.00. The summed E-state index contributed by atoms with van der Waals surface area (Å²) in [5, 5.41) is 2.66. The third-order valence-corrected chi connectivity index (χ3v) is 5.60. The number of morpholine rings is 1. The zero-order valence-corrected chi connectivity index (χ0v) is 17.5. The van der Waals surface area contributed by atoms with Gasteiger partial charge in [-0.1, -0.05) is 20.8 Å². The standard InChI is InChI=1S/C21H28F3N3O3/c1-19(2,3)17(28)26-10-8-20(9-11-26)14-27(12-13-30-20)18(29)25-16-6-4-15(5-7-16)21(22,23)24/h4-7H,8-14H2,1-3H3,(H,25,29). The minimum atomic E-state index is -4.41. The van der Waals surface area contributed by atoms with Crippen molar-refractivity contribution in [1.82, 2.24) is 9.80 Å². The molecule has 0 unspecified atom stereocenters. The Labute approximate surface area is 174 Å². The monoisotopic (exact) mass is 427 g/mol. The number of hydrogen-bond acceptors (Lipinski definition) is 3. The Hall–Kier alpha value is -2.29. The smallest absolute Gasteiger partial charge is 0.371 e. The number of urea groups is 1. The van der Waals surface area contributed by atoms with E-state index >= 15 is 0 Å². The van der Waals surface area contributed by atoms with Crippen LogP contribution in [0, 0.1) is 5.41 Å². The number of anilines is 1. The number of nitrogens with zero attached hydrogens (tertiary/aromatic N) is 2. The van der Waals surface area contributed by atoms with Crippen molar-refractivity contribution >= 4 is 17.6 Å². The van der Waals surface area contributed by atoms with Gasteiger partial charge in [-0.3, -0.25) is 4.79 Å². The molecule has 3 amide bonds. The van der Waals surface area contributed by atoms with E-state index in [1.807, 2.05) is 25.7 Å². The number of rotatable bonds is 1. The lowest BCUT2D eigenvalue weighted by molar-refractivity contribution is -0.152. The predicted molar refractivity (Wildman–Crippen MR) is 106 cm³/mol. The molecule has 166 valence electrons. The Balaban J connectivity index is 1.58. The van der Waals surface area contributed by atoms with Gasteiger partial charge in [0.2, 0.25) is 5.91 Å². The Morgan fingerprint density at radius 2 is 1.60 bits per heavy atom. The highest BCUT2D eigenvalue weighted by molar-refractivity contribution is 5.89. The highest BCUT2D eigenvalue weighted by atomic mass is 19.4. The summed E-state index contributed by atoms with van der Waals surface area (Å²) in [6.07, 6.45) is -3.14. The van der Waals surface area contributed by atoms with Gasteiger partial charge in [-0.2, -0.15) is 13.2 Å². The number of halogens is 3. The van der Waals surface area contributed by atoms with Gasteiger partial charge in [-0.05, 0) is 37.1 Å². The summed E-state index contributed by atoms with van der Waals surface area (Å²) in [5.74, 6) is 0.102. The Morgan fingerprint density at radius 3 is 2.13 bits per heavy atom. The van der Waals surface area contributed by atoms with E-state index in [1.54, 1.807) is 4.90 Å². The zero-order valence-electron chi connectivity index (χ0n) is 17.5. The first-order valence-corrected chi connectivity index (χ1v) is 10.1. The van der Waals surface area contributed by atoms with Gasteiger partial charge in [0.25, 0.3) is 0 Å². The fourth-order valence-electron chi connectivity index (χ4n) is 3.86. The van der Waals surface area contributed by atoms with E-state index in [2.05, 4.69) is 5.32 Å². The van der Waals surface area contributed by atoms with Gasteiger partial charge in [-0.25, -0.2) is 4.79 Å². The molecule has 0 aliphatic carbocycles. The van der Waals surface area contributed by atoms with Gasteiger partial charge in [0.15, 0.2) is 0 Å². The summed E-state index contributed by atoms with van der Waals surface area (Å²) >= 11 is 0. The van der Waals surface area contributed by atoms with Crippen LogP contribution < -0.4 is 5.32 Å². The molecule has 1 aromatic carbocycles. The van der Waals surface area contributed by atoms with Crippen molar-refractivity contribution in [2.24, 2.45) is 5.41 Å². The molecule has 1 spiro atoms. The molecule has 2 aliphatic heterocycles. The number of carbonyl (C=O) groups is 2. The summed E-state index contributed by atoms with van der Waals surface area (Å²) in [4.78, 5) is 28.6. The number of piperidine rings is 1. The minimum absolute atomic E-state index is 0.102. The Morgan fingerprint density at radius 1 is 1.00 bits per heavy atom. The second-order valence-corrected chi connectivity index (χ2v) is 9.00. The van der Waals surface area contributed by atoms with Crippen LogP contribution in [-0.4, -0.2) is 60.1 Å². The lowest BCUT2D eigenvalue weighted by Crippen LogP contribution is -2.59. The molecule has 9 heteroatoms. The molecule has 1 N–H and O–H groups in total. The first-order chi connectivity index (χ1) is 13.9. The molecule has 3 rings (SSSR count). The molecule has 0 radical (unpaired) electrons. The first-order valence-electron chi connectivity index (χ1n) is 10.1. The normalized spacial score (nSPS) is 19.7. The molecule has 0 atom stereocenters. The van der Waals surface area contributed by atoms with E-state index in [1.165, 1.54) is 12.1 Å². The largest absolute Gasteiger partial charge is 0.416 e. The highest BCUT2D eigenvalue weighted by Gasteiger charge is 2.43. The number of benzene rings is 1. The molecule has 0 aromatic heterocycles. The van der Waals surface area contributed by atoms with Crippen molar-refractivity contribution in [1.29, 1.82) is 0 Å². The zero-order chi connectivity index (χ0) is 22.2. The van der Waals surface area contributed by atoms with Crippen molar-refractivity contribution < 1.29 is 27.5 Å². The topological polar surface area (TPSA) is 61.9 Å². The molecule has 30 heavy (non-hydrogen) atoms. The minimum Gasteiger partial charge on any atom is -0.371 e. The van der Waals surface area contributed by atoms with E-state index in [0.717, 1.165) is 12.1 Å². The van der Waals surface area contributed by atoms with Crippen LogP contribution in [0.15, 0.2) is 24.3 Å². The van der Waals surface area contributed by atoms with Crippen molar-refractivity contribution in [2.45, 2.75) is 45.4 Å². The van der Waals surface area contributed by atoms with Crippen molar-refractivity contribution in [2.75, 3.05) is 38.1 Å². The van der Waals surface area contributed by atoms with Crippen molar-refractivity contribution in [3.8, 4) is 0 Å². The summed E-state index contributed by atoms with van der Waals surface area (Å²) in [6.45, 7) is 8.00. The molecule has 2 aliphatic rings. The van der Waals surface area contributed by atoms with Gasteiger partial charge >= 0.3 is 12.2 Å². The van der Waals surface area contributed by atoms with Crippen LogP contribution in [0.2, 0.25) is 0 Å². The number of hydrogen-bond donors (Lipinski definition) is 1. The Bertz CT molecular complexity index is 779. The predicted octanol–water partition coefficient (Wildman–Crippen LogP) is 3.98. The van der Waals surface area contributed by atoms with E-state index in [9.17, 15) is 22.8 Å². The number of alkyl halides is 3. The first kappa shape index (κ1) is 22.4. The van der Waals surface area contributed by atoms with Crippen molar-refractivity contribution in [3.63, 3.8) is 0 Å². The van der Waals surface area contributed by atoms with E-state index in [4.69, 9.17) is 4.74 Å². The molecule has 2 heterocycles. The fourth-order valence-corrected chi connectivity index (χ4v) is 3.86.